The lowest BCUT2D eigenvalue weighted by molar-refractivity contribution is 0.0976. The zero-order chi connectivity index (χ0) is 20.1. The average molecular weight is 453 g/mol. The van der Waals surface area contributed by atoms with Crippen LogP contribution in [0.2, 0.25) is 0 Å². The van der Waals surface area contributed by atoms with Crippen molar-refractivity contribution in [1.82, 2.24) is 10.3 Å². The van der Waals surface area contributed by atoms with E-state index in [1.807, 2.05) is 42.5 Å². The summed E-state index contributed by atoms with van der Waals surface area (Å²) in [6.45, 7) is 0.472. The van der Waals surface area contributed by atoms with Gasteiger partial charge in [0.15, 0.2) is 11.5 Å². The lowest BCUT2D eigenvalue weighted by Crippen LogP contribution is -2.36. The van der Waals surface area contributed by atoms with Crippen LogP contribution in [0.1, 0.15) is 16.1 Å². The van der Waals surface area contributed by atoms with E-state index in [4.69, 9.17) is 9.47 Å². The van der Waals surface area contributed by atoms with E-state index < -0.39 is 0 Å². The van der Waals surface area contributed by atoms with E-state index in [0.717, 1.165) is 15.9 Å². The molecule has 2 heterocycles. The maximum atomic E-state index is 12.8. The number of amides is 1. The summed E-state index contributed by atoms with van der Waals surface area (Å²) >= 11 is 3.44. The molecule has 3 aromatic rings. The van der Waals surface area contributed by atoms with Crippen LogP contribution in [0.3, 0.4) is 0 Å². The largest absolute Gasteiger partial charge is 0.454 e. The molecule has 7 nitrogen and oxygen atoms in total. The van der Waals surface area contributed by atoms with Gasteiger partial charge in [-0.3, -0.25) is 15.1 Å². The van der Waals surface area contributed by atoms with E-state index in [-0.39, 0.29) is 12.7 Å². The fourth-order valence-electron chi connectivity index (χ4n) is 2.68. The Bertz CT molecular complexity index is 1060. The first kappa shape index (κ1) is 18.9. The van der Waals surface area contributed by atoms with Gasteiger partial charge in [0.2, 0.25) is 12.8 Å². The molecule has 2 N–H and O–H groups in total. The monoisotopic (exact) mass is 452 g/mol. The fraction of sp³-hybridized carbons (Fsp3) is 0.0952. The topological polar surface area (TPSA) is 84.8 Å². The number of ether oxygens (including phenoxy) is 2. The molecule has 0 atom stereocenters. The molecule has 0 unspecified atom stereocenters. The predicted octanol–water partition coefficient (Wildman–Crippen LogP) is 3.97. The molecule has 1 aliphatic rings. The molecule has 8 heteroatoms. The molecular formula is C21H17BrN4O3. The number of rotatable bonds is 4. The second-order valence-electron chi connectivity index (χ2n) is 6.14. The number of guanidine groups is 1. The number of aliphatic imine (C=N–C) groups is 1. The van der Waals surface area contributed by atoms with Gasteiger partial charge in [-0.15, -0.1) is 0 Å². The molecule has 1 amide bonds. The van der Waals surface area contributed by atoms with Gasteiger partial charge in [0.1, 0.15) is 0 Å². The van der Waals surface area contributed by atoms with Gasteiger partial charge in [0.25, 0.3) is 5.91 Å². The third kappa shape index (κ3) is 4.91. The van der Waals surface area contributed by atoms with Gasteiger partial charge < -0.3 is 14.8 Å². The summed E-state index contributed by atoms with van der Waals surface area (Å²) in [6.07, 6.45) is 1.71. The van der Waals surface area contributed by atoms with Crippen molar-refractivity contribution in [1.29, 1.82) is 0 Å². The number of halogens is 1. The highest BCUT2D eigenvalue weighted by atomic mass is 79.9. The average Bonchev–Trinajstić information content (AvgIpc) is 3.20. The Kier molecular flexibility index (Phi) is 5.71. The normalized spacial score (nSPS) is 12.5. The Hall–Kier alpha value is -3.39. The van der Waals surface area contributed by atoms with Crippen LogP contribution in [-0.2, 0) is 6.54 Å². The maximum absolute atomic E-state index is 12.8. The molecule has 0 saturated heterocycles. The number of anilines is 1. The van der Waals surface area contributed by atoms with Crippen molar-refractivity contribution >= 4 is 33.5 Å². The van der Waals surface area contributed by atoms with Gasteiger partial charge in [-0.25, -0.2) is 4.99 Å². The lowest BCUT2D eigenvalue weighted by atomic mass is 10.2. The molecule has 0 spiro atoms. The van der Waals surface area contributed by atoms with Crippen molar-refractivity contribution < 1.29 is 14.3 Å². The van der Waals surface area contributed by atoms with Crippen LogP contribution < -0.4 is 20.1 Å². The minimum absolute atomic E-state index is 0.154. The minimum Gasteiger partial charge on any atom is -0.454 e. The number of aromatic nitrogens is 1. The summed E-state index contributed by atoms with van der Waals surface area (Å²) in [5.74, 6) is 1.17. The number of hydrogen-bond acceptors (Lipinski definition) is 5. The van der Waals surface area contributed by atoms with Crippen molar-refractivity contribution in [3.8, 4) is 11.5 Å². The van der Waals surface area contributed by atoms with E-state index >= 15 is 0 Å². The summed E-state index contributed by atoms with van der Waals surface area (Å²) in [5.41, 5.74) is 2.01. The molecule has 0 radical (unpaired) electrons. The number of carbonyl (C=O) groups is 1. The highest BCUT2D eigenvalue weighted by Gasteiger charge is 2.17. The van der Waals surface area contributed by atoms with Crippen molar-refractivity contribution in [3.05, 3.63) is 82.6 Å². The molecule has 2 aromatic carbocycles. The number of carbonyl (C=O) groups excluding carboxylic acids is 1. The summed E-state index contributed by atoms with van der Waals surface area (Å²) in [5, 5.41) is 5.97. The number of nitrogens with zero attached hydrogens (tertiary/aromatic N) is 2. The zero-order valence-electron chi connectivity index (χ0n) is 15.3. The third-order valence-corrected chi connectivity index (χ3v) is 4.57. The molecule has 0 fully saturated rings. The van der Waals surface area contributed by atoms with Crippen molar-refractivity contribution in [2.24, 2.45) is 4.99 Å². The Balaban J connectivity index is 1.54. The Morgan fingerprint density at radius 2 is 1.97 bits per heavy atom. The second kappa shape index (κ2) is 8.74. The summed E-state index contributed by atoms with van der Waals surface area (Å²) < 4.78 is 11.5. The molecular weight excluding hydrogens is 436 g/mol. The maximum Gasteiger partial charge on any atom is 0.258 e. The van der Waals surface area contributed by atoms with E-state index in [0.29, 0.717) is 29.6 Å². The van der Waals surface area contributed by atoms with Crippen LogP contribution in [0.4, 0.5) is 5.69 Å². The van der Waals surface area contributed by atoms with Crippen LogP contribution in [0.15, 0.2) is 76.3 Å². The summed E-state index contributed by atoms with van der Waals surface area (Å²) in [7, 11) is 0. The SMILES string of the molecule is O=C(NC(=NCc1ccccn1)Nc1cccc(Br)c1)c1ccc2c(c1)OCO2. The smallest absolute Gasteiger partial charge is 0.258 e. The number of pyridine rings is 1. The van der Waals surface area contributed by atoms with Crippen LogP contribution in [0, 0.1) is 0 Å². The number of nitrogens with one attached hydrogen (secondary N) is 2. The predicted molar refractivity (Wildman–Crippen MR) is 113 cm³/mol. The fourth-order valence-corrected chi connectivity index (χ4v) is 3.08. The first-order valence-corrected chi connectivity index (χ1v) is 9.64. The minimum atomic E-state index is -0.314. The third-order valence-electron chi connectivity index (χ3n) is 4.08. The first-order chi connectivity index (χ1) is 14.2. The highest BCUT2D eigenvalue weighted by molar-refractivity contribution is 9.10. The Labute approximate surface area is 175 Å². The lowest BCUT2D eigenvalue weighted by Gasteiger charge is -2.12. The van der Waals surface area contributed by atoms with Crippen molar-refractivity contribution in [2.75, 3.05) is 12.1 Å². The number of hydrogen-bond donors (Lipinski definition) is 2. The molecule has 4 rings (SSSR count). The van der Waals surface area contributed by atoms with Gasteiger partial charge in [0, 0.05) is 21.9 Å². The van der Waals surface area contributed by atoms with Crippen LogP contribution in [0.25, 0.3) is 0 Å². The van der Waals surface area contributed by atoms with E-state index in [9.17, 15) is 4.79 Å². The van der Waals surface area contributed by atoms with Gasteiger partial charge in [-0.1, -0.05) is 28.1 Å². The van der Waals surface area contributed by atoms with Crippen molar-refractivity contribution in [3.63, 3.8) is 0 Å². The van der Waals surface area contributed by atoms with E-state index in [1.54, 1.807) is 24.4 Å². The molecule has 0 bridgehead atoms. The van der Waals surface area contributed by atoms with Gasteiger partial charge in [-0.05, 0) is 48.5 Å². The molecule has 146 valence electrons. The van der Waals surface area contributed by atoms with Gasteiger partial charge in [0.05, 0.1) is 12.2 Å². The zero-order valence-corrected chi connectivity index (χ0v) is 16.8. The summed E-state index contributed by atoms with van der Waals surface area (Å²) in [6, 6.07) is 18.2. The molecule has 1 aliphatic heterocycles. The standard InChI is InChI=1S/C21H17BrN4O3/c22-15-4-3-6-16(11-15)25-21(24-12-17-5-1-2-9-23-17)26-20(27)14-7-8-18-19(10-14)29-13-28-18/h1-11H,12-13H2,(H2,24,25,26,27). The summed E-state index contributed by atoms with van der Waals surface area (Å²) in [4.78, 5) is 21.5. The van der Waals surface area contributed by atoms with Crippen LogP contribution in [0.5, 0.6) is 11.5 Å². The van der Waals surface area contributed by atoms with Crippen LogP contribution >= 0.6 is 15.9 Å². The quantitative estimate of drug-likeness (QED) is 0.462. The second-order valence-corrected chi connectivity index (χ2v) is 7.06. The Morgan fingerprint density at radius 1 is 1.07 bits per heavy atom. The highest BCUT2D eigenvalue weighted by Crippen LogP contribution is 2.32. The number of benzene rings is 2. The number of fused-ring (bicyclic) bond motifs is 1. The van der Waals surface area contributed by atoms with E-state index in [2.05, 4.69) is 36.5 Å². The molecule has 1 aromatic heterocycles. The molecule has 0 saturated carbocycles. The molecule has 0 aliphatic carbocycles. The van der Waals surface area contributed by atoms with Crippen molar-refractivity contribution in [2.45, 2.75) is 6.54 Å². The molecule has 29 heavy (non-hydrogen) atoms. The first-order valence-electron chi connectivity index (χ1n) is 8.85. The Morgan fingerprint density at radius 3 is 2.79 bits per heavy atom. The van der Waals surface area contributed by atoms with Gasteiger partial charge >= 0.3 is 0 Å². The van der Waals surface area contributed by atoms with Gasteiger partial charge in [-0.2, -0.15) is 0 Å². The van der Waals surface area contributed by atoms with Crippen LogP contribution in [-0.4, -0.2) is 23.6 Å². The van der Waals surface area contributed by atoms with E-state index in [1.165, 1.54) is 0 Å².